The van der Waals surface area contributed by atoms with Crippen LogP contribution in [0.25, 0.3) is 0 Å². The van der Waals surface area contributed by atoms with E-state index in [9.17, 15) is 0 Å². The van der Waals surface area contributed by atoms with E-state index in [1.54, 1.807) is 6.33 Å². The van der Waals surface area contributed by atoms with E-state index in [0.29, 0.717) is 6.54 Å². The highest BCUT2D eigenvalue weighted by Gasteiger charge is 2.19. The second kappa shape index (κ2) is 5.19. The van der Waals surface area contributed by atoms with Gasteiger partial charge >= 0.3 is 0 Å². The van der Waals surface area contributed by atoms with Gasteiger partial charge in [0.05, 0.1) is 6.54 Å². The lowest BCUT2D eigenvalue weighted by atomic mass is 10.1. The fourth-order valence-corrected chi connectivity index (χ4v) is 2.68. The smallest absolute Gasteiger partial charge is 0.152 e. The molecule has 2 N–H and O–H groups in total. The minimum atomic E-state index is 0.622. The van der Waals surface area contributed by atoms with Gasteiger partial charge in [0, 0.05) is 23.8 Å². The highest BCUT2D eigenvalue weighted by atomic mass is 35.5. The van der Waals surface area contributed by atoms with E-state index in [-0.39, 0.29) is 0 Å². The lowest BCUT2D eigenvalue weighted by molar-refractivity contribution is 0.559. The lowest BCUT2D eigenvalue weighted by Gasteiger charge is -2.30. The van der Waals surface area contributed by atoms with Crippen LogP contribution in [0.15, 0.2) is 24.5 Å². The van der Waals surface area contributed by atoms with Crippen molar-refractivity contribution in [2.45, 2.75) is 19.5 Å². The topological polar surface area (TPSA) is 60.0 Å². The number of hydrogen-bond acceptors (Lipinski definition) is 4. The van der Waals surface area contributed by atoms with Crippen molar-refractivity contribution < 1.29 is 0 Å². The largest absolute Gasteiger partial charge is 0.362 e. The molecule has 0 fully saturated rings. The van der Waals surface area contributed by atoms with Crippen LogP contribution in [0.5, 0.6) is 0 Å². The number of anilines is 1. The fraction of sp³-hybridized carbons (Fsp3) is 0.385. The van der Waals surface area contributed by atoms with Crippen molar-refractivity contribution in [3.63, 3.8) is 0 Å². The highest BCUT2D eigenvalue weighted by Crippen LogP contribution is 2.27. The van der Waals surface area contributed by atoms with Gasteiger partial charge in [0.25, 0.3) is 0 Å². The van der Waals surface area contributed by atoms with Gasteiger partial charge in [0.15, 0.2) is 5.82 Å². The summed E-state index contributed by atoms with van der Waals surface area (Å²) in [6.45, 7) is 3.26. The zero-order valence-electron chi connectivity index (χ0n) is 10.6. The summed E-state index contributed by atoms with van der Waals surface area (Å²) >= 11 is 6.07. The number of benzene rings is 1. The van der Waals surface area contributed by atoms with E-state index in [1.165, 1.54) is 11.3 Å². The van der Waals surface area contributed by atoms with Crippen molar-refractivity contribution in [1.82, 2.24) is 14.8 Å². The normalized spacial score (nSPS) is 14.5. The first-order chi connectivity index (χ1) is 9.28. The quantitative estimate of drug-likeness (QED) is 0.923. The van der Waals surface area contributed by atoms with Gasteiger partial charge < -0.3 is 15.2 Å². The predicted molar refractivity (Wildman–Crippen MR) is 75.3 cm³/mol. The molecule has 0 bridgehead atoms. The Hall–Kier alpha value is -1.59. The van der Waals surface area contributed by atoms with Crippen molar-refractivity contribution in [3.8, 4) is 0 Å². The molecule has 2 heterocycles. The molecular formula is C13H16ClN5. The molecule has 100 valence electrons. The molecule has 5 nitrogen and oxygen atoms in total. The van der Waals surface area contributed by atoms with Gasteiger partial charge in [-0.2, -0.15) is 0 Å². The summed E-state index contributed by atoms with van der Waals surface area (Å²) in [6.07, 6.45) is 2.62. The van der Waals surface area contributed by atoms with Crippen LogP contribution in [0.4, 0.5) is 5.69 Å². The molecular weight excluding hydrogens is 262 g/mol. The Balaban J connectivity index is 1.90. The Morgan fingerprint density at radius 3 is 3.05 bits per heavy atom. The fourth-order valence-electron chi connectivity index (χ4n) is 2.49. The van der Waals surface area contributed by atoms with Crippen molar-refractivity contribution in [1.29, 1.82) is 0 Å². The molecule has 0 amide bonds. The molecule has 1 aliphatic heterocycles. The van der Waals surface area contributed by atoms with Crippen LogP contribution in [0.3, 0.4) is 0 Å². The first-order valence-corrected chi connectivity index (χ1v) is 6.76. The Labute approximate surface area is 117 Å². The van der Waals surface area contributed by atoms with Crippen LogP contribution in [0.1, 0.15) is 11.4 Å². The van der Waals surface area contributed by atoms with Crippen molar-refractivity contribution in [2.75, 3.05) is 18.0 Å². The van der Waals surface area contributed by atoms with Gasteiger partial charge in [-0.15, -0.1) is 10.2 Å². The first kappa shape index (κ1) is 12.4. The third-order valence-electron chi connectivity index (χ3n) is 3.43. The summed E-state index contributed by atoms with van der Waals surface area (Å²) in [5.41, 5.74) is 8.08. The third kappa shape index (κ3) is 2.43. The molecule has 1 aromatic heterocycles. The Morgan fingerprint density at radius 2 is 2.21 bits per heavy atom. The number of nitrogens with two attached hydrogens (primary N) is 1. The molecule has 0 saturated heterocycles. The molecule has 6 heteroatoms. The van der Waals surface area contributed by atoms with Crippen LogP contribution in [-0.2, 0) is 19.5 Å². The Kier molecular flexibility index (Phi) is 3.40. The van der Waals surface area contributed by atoms with Gasteiger partial charge in [-0.3, -0.25) is 0 Å². The molecule has 0 unspecified atom stereocenters. The maximum atomic E-state index is 6.07. The second-order valence-electron chi connectivity index (χ2n) is 4.67. The minimum absolute atomic E-state index is 0.622. The van der Waals surface area contributed by atoms with Gasteiger partial charge in [-0.1, -0.05) is 11.6 Å². The average molecular weight is 278 g/mol. The predicted octanol–water partition coefficient (Wildman–Crippen LogP) is 1.45. The summed E-state index contributed by atoms with van der Waals surface area (Å²) in [6, 6.07) is 6.00. The van der Waals surface area contributed by atoms with Crippen molar-refractivity contribution in [2.24, 2.45) is 5.73 Å². The molecule has 0 aliphatic carbocycles. The zero-order valence-corrected chi connectivity index (χ0v) is 11.3. The standard InChI is InChI=1S/C13H16ClN5/c14-11-1-2-12(10(7-11)3-4-15)18-5-6-19-9-16-17-13(19)8-18/h1-2,7,9H,3-6,8,15H2. The zero-order chi connectivity index (χ0) is 13.2. The second-order valence-corrected chi connectivity index (χ2v) is 5.11. The Bertz CT molecular complexity index is 580. The molecule has 19 heavy (non-hydrogen) atoms. The summed E-state index contributed by atoms with van der Waals surface area (Å²) in [5, 5.41) is 8.85. The summed E-state index contributed by atoms with van der Waals surface area (Å²) < 4.78 is 2.09. The van der Waals surface area contributed by atoms with Gasteiger partial charge in [0.1, 0.15) is 6.33 Å². The number of fused-ring (bicyclic) bond motifs is 1. The van der Waals surface area contributed by atoms with Gasteiger partial charge in [-0.05, 0) is 36.7 Å². The molecule has 1 aliphatic rings. The molecule has 1 aromatic carbocycles. The van der Waals surface area contributed by atoms with Gasteiger partial charge in [-0.25, -0.2) is 0 Å². The summed E-state index contributed by atoms with van der Waals surface area (Å²) in [5.74, 6) is 1.000. The van der Waals surface area contributed by atoms with Gasteiger partial charge in [0.2, 0.25) is 0 Å². The van der Waals surface area contributed by atoms with E-state index in [4.69, 9.17) is 17.3 Å². The molecule has 0 spiro atoms. The first-order valence-electron chi connectivity index (χ1n) is 6.38. The number of nitrogens with zero attached hydrogens (tertiary/aromatic N) is 4. The summed E-state index contributed by atoms with van der Waals surface area (Å²) in [7, 11) is 0. The molecule has 0 atom stereocenters. The maximum Gasteiger partial charge on any atom is 0.152 e. The summed E-state index contributed by atoms with van der Waals surface area (Å²) in [4.78, 5) is 2.31. The third-order valence-corrected chi connectivity index (χ3v) is 3.67. The number of halogens is 1. The molecule has 2 aromatic rings. The van der Waals surface area contributed by atoms with Crippen LogP contribution in [0.2, 0.25) is 5.02 Å². The maximum absolute atomic E-state index is 6.07. The molecule has 0 saturated carbocycles. The van der Waals surface area contributed by atoms with Crippen LogP contribution in [0, 0.1) is 0 Å². The average Bonchev–Trinajstić information content (AvgIpc) is 2.86. The molecule has 3 rings (SSSR count). The van der Waals surface area contributed by atoms with E-state index >= 15 is 0 Å². The SMILES string of the molecule is NCCc1cc(Cl)ccc1N1CCn2cnnc2C1. The monoisotopic (exact) mass is 277 g/mol. The van der Waals surface area contributed by atoms with E-state index in [1.807, 2.05) is 12.1 Å². The van der Waals surface area contributed by atoms with E-state index in [0.717, 1.165) is 36.9 Å². The highest BCUT2D eigenvalue weighted by molar-refractivity contribution is 6.30. The Morgan fingerprint density at radius 1 is 1.32 bits per heavy atom. The minimum Gasteiger partial charge on any atom is -0.362 e. The lowest BCUT2D eigenvalue weighted by Crippen LogP contribution is -2.34. The van der Waals surface area contributed by atoms with Crippen LogP contribution in [-0.4, -0.2) is 27.9 Å². The van der Waals surface area contributed by atoms with Crippen molar-refractivity contribution in [3.05, 3.63) is 40.9 Å². The van der Waals surface area contributed by atoms with Crippen molar-refractivity contribution >= 4 is 17.3 Å². The van der Waals surface area contributed by atoms with E-state index < -0.39 is 0 Å². The number of rotatable bonds is 3. The molecule has 0 radical (unpaired) electrons. The van der Waals surface area contributed by atoms with Crippen LogP contribution < -0.4 is 10.6 Å². The van der Waals surface area contributed by atoms with E-state index in [2.05, 4.69) is 25.7 Å². The number of hydrogen-bond donors (Lipinski definition) is 1. The number of aromatic nitrogens is 3. The van der Waals surface area contributed by atoms with Crippen LogP contribution >= 0.6 is 11.6 Å².